The first-order chi connectivity index (χ1) is 12.4. The lowest BCUT2D eigenvalue weighted by atomic mass is 9.68. The summed E-state index contributed by atoms with van der Waals surface area (Å²) in [6, 6.07) is 10.1. The number of halogens is 2. The van der Waals surface area contributed by atoms with Gasteiger partial charge >= 0.3 is 0 Å². The number of piperidine rings is 1. The predicted octanol–water partition coefficient (Wildman–Crippen LogP) is 6.03. The summed E-state index contributed by atoms with van der Waals surface area (Å²) >= 11 is 15.9. The smallest absolute Gasteiger partial charge is 0.174 e. The maximum Gasteiger partial charge on any atom is 0.174 e. The maximum absolute atomic E-state index is 13.8. The number of likely N-dealkylation sites (tertiary alicyclic amines) is 1. The van der Waals surface area contributed by atoms with Crippen molar-refractivity contribution in [1.82, 2.24) is 4.90 Å². The van der Waals surface area contributed by atoms with E-state index in [1.807, 2.05) is 6.07 Å². The SMILES string of the molecule is CSc1ccc2c(c1)Sc1cc(Cl)c(Cl)cc1C(=O)C21CCN(C)CC1. The van der Waals surface area contributed by atoms with Crippen LogP contribution in [0.25, 0.3) is 0 Å². The van der Waals surface area contributed by atoms with Gasteiger partial charge in [0.15, 0.2) is 5.78 Å². The van der Waals surface area contributed by atoms with Crippen molar-refractivity contribution in [2.75, 3.05) is 26.4 Å². The van der Waals surface area contributed by atoms with E-state index < -0.39 is 5.41 Å². The van der Waals surface area contributed by atoms with Gasteiger partial charge < -0.3 is 4.90 Å². The third-order valence-corrected chi connectivity index (χ3v) is 8.03. The summed E-state index contributed by atoms with van der Waals surface area (Å²) in [6.07, 6.45) is 3.73. The van der Waals surface area contributed by atoms with Gasteiger partial charge in [0.05, 0.1) is 15.5 Å². The molecule has 1 fully saturated rings. The molecular weight excluding hydrogens is 405 g/mol. The number of carbonyl (C=O) groups excluding carboxylic acids is 1. The number of Topliss-reactive ketones (excluding diaryl/α,β-unsaturated/α-hetero) is 1. The van der Waals surface area contributed by atoms with Crippen LogP contribution in [0.15, 0.2) is 45.0 Å². The number of fused-ring (bicyclic) bond motifs is 3. The van der Waals surface area contributed by atoms with Crippen LogP contribution in [0.4, 0.5) is 0 Å². The summed E-state index contributed by atoms with van der Waals surface area (Å²) < 4.78 is 0. The van der Waals surface area contributed by atoms with E-state index in [1.54, 1.807) is 29.6 Å². The summed E-state index contributed by atoms with van der Waals surface area (Å²) in [7, 11) is 2.12. The molecule has 0 bridgehead atoms. The minimum atomic E-state index is -0.478. The summed E-state index contributed by atoms with van der Waals surface area (Å²) in [4.78, 5) is 19.3. The lowest BCUT2D eigenvalue weighted by Gasteiger charge is -2.40. The molecule has 0 radical (unpaired) electrons. The highest BCUT2D eigenvalue weighted by Gasteiger charge is 2.46. The number of hydrogen-bond donors (Lipinski definition) is 0. The van der Waals surface area contributed by atoms with Crippen molar-refractivity contribution >= 4 is 52.5 Å². The number of carbonyl (C=O) groups is 1. The lowest BCUT2D eigenvalue weighted by molar-refractivity contribution is 0.0788. The van der Waals surface area contributed by atoms with Crippen LogP contribution in [0.3, 0.4) is 0 Å². The predicted molar refractivity (Wildman–Crippen MR) is 112 cm³/mol. The topological polar surface area (TPSA) is 20.3 Å². The molecule has 6 heteroatoms. The van der Waals surface area contributed by atoms with Crippen LogP contribution in [-0.2, 0) is 5.41 Å². The second kappa shape index (κ2) is 7.06. The molecule has 1 saturated heterocycles. The van der Waals surface area contributed by atoms with Crippen molar-refractivity contribution in [2.45, 2.75) is 32.9 Å². The van der Waals surface area contributed by atoms with Crippen molar-refractivity contribution in [3.63, 3.8) is 0 Å². The fourth-order valence-corrected chi connectivity index (χ4v) is 6.04. The first-order valence-electron chi connectivity index (χ1n) is 8.53. The molecule has 0 unspecified atom stereocenters. The molecule has 0 amide bonds. The van der Waals surface area contributed by atoms with Crippen molar-refractivity contribution < 1.29 is 4.79 Å². The van der Waals surface area contributed by atoms with Crippen molar-refractivity contribution in [1.29, 1.82) is 0 Å². The van der Waals surface area contributed by atoms with Gasteiger partial charge in [0.2, 0.25) is 0 Å². The Bertz CT molecular complexity index is 892. The molecule has 2 aliphatic rings. The first-order valence-corrected chi connectivity index (χ1v) is 11.3. The van der Waals surface area contributed by atoms with Gasteiger partial charge in [0.25, 0.3) is 0 Å². The van der Waals surface area contributed by atoms with Crippen LogP contribution < -0.4 is 0 Å². The molecule has 0 atom stereocenters. The average molecular weight is 424 g/mol. The Morgan fingerprint density at radius 3 is 2.46 bits per heavy atom. The van der Waals surface area contributed by atoms with E-state index in [1.165, 1.54) is 4.90 Å². The molecule has 0 saturated carbocycles. The van der Waals surface area contributed by atoms with Gasteiger partial charge in [-0.05, 0) is 69.1 Å². The minimum Gasteiger partial charge on any atom is -0.306 e. The molecule has 136 valence electrons. The fourth-order valence-electron chi connectivity index (χ4n) is 3.90. The zero-order chi connectivity index (χ0) is 18.5. The standard InChI is InChI=1S/C20H19Cl2NOS2/c1-23-7-5-20(6-8-23)14-4-3-12(25-2)9-18(14)26-17-11-16(22)15(21)10-13(17)19(20)24/h3-4,9-11H,5-8H2,1-2H3. The number of nitrogens with zero attached hydrogens (tertiary/aromatic N) is 1. The number of benzene rings is 2. The largest absolute Gasteiger partial charge is 0.306 e. The first kappa shape index (κ1) is 18.7. The number of rotatable bonds is 1. The molecular formula is C20H19Cl2NOS2. The number of ketones is 1. The quantitative estimate of drug-likeness (QED) is 0.521. The Kier molecular flexibility index (Phi) is 5.08. The van der Waals surface area contributed by atoms with E-state index in [4.69, 9.17) is 23.2 Å². The summed E-state index contributed by atoms with van der Waals surface area (Å²) in [5.41, 5.74) is 1.38. The lowest BCUT2D eigenvalue weighted by Crippen LogP contribution is -2.46. The highest BCUT2D eigenvalue weighted by molar-refractivity contribution is 8.00. The van der Waals surface area contributed by atoms with Gasteiger partial charge in [-0.1, -0.05) is 41.0 Å². The van der Waals surface area contributed by atoms with Crippen LogP contribution in [0.5, 0.6) is 0 Å². The van der Waals surface area contributed by atoms with Crippen LogP contribution in [0.2, 0.25) is 10.0 Å². The normalized spacial score (nSPS) is 19.2. The molecule has 2 heterocycles. The Labute approximate surface area is 172 Å². The monoisotopic (exact) mass is 423 g/mol. The van der Waals surface area contributed by atoms with E-state index in [2.05, 4.69) is 36.4 Å². The van der Waals surface area contributed by atoms with Gasteiger partial charge in [-0.2, -0.15) is 0 Å². The maximum atomic E-state index is 13.8. The molecule has 2 aromatic rings. The van der Waals surface area contributed by atoms with E-state index in [0.29, 0.717) is 15.6 Å². The summed E-state index contributed by atoms with van der Waals surface area (Å²) in [5.74, 6) is 0.183. The number of hydrogen-bond acceptors (Lipinski definition) is 4. The molecule has 0 aliphatic carbocycles. The molecule has 2 nitrogen and oxygen atoms in total. The number of thioether (sulfide) groups is 1. The molecule has 4 rings (SSSR count). The fraction of sp³-hybridized carbons (Fsp3) is 0.350. The third kappa shape index (κ3) is 3.00. The van der Waals surface area contributed by atoms with Gasteiger partial charge in [-0.3, -0.25) is 4.79 Å². The molecule has 0 aromatic heterocycles. The van der Waals surface area contributed by atoms with Crippen LogP contribution in [0.1, 0.15) is 28.8 Å². The Morgan fingerprint density at radius 2 is 1.77 bits per heavy atom. The zero-order valence-electron chi connectivity index (χ0n) is 14.6. The Hall–Kier alpha value is -0.650. The molecule has 1 spiro atoms. The second-order valence-electron chi connectivity index (χ2n) is 6.94. The molecule has 2 aromatic carbocycles. The van der Waals surface area contributed by atoms with E-state index >= 15 is 0 Å². The third-order valence-electron chi connectivity index (χ3n) is 5.47. The van der Waals surface area contributed by atoms with Crippen LogP contribution >= 0.6 is 46.7 Å². The highest BCUT2D eigenvalue weighted by Crippen LogP contribution is 2.50. The molecule has 2 aliphatic heterocycles. The van der Waals surface area contributed by atoms with Crippen LogP contribution in [0, 0.1) is 0 Å². The Balaban J connectivity index is 1.96. The van der Waals surface area contributed by atoms with E-state index in [0.717, 1.165) is 41.3 Å². The zero-order valence-corrected chi connectivity index (χ0v) is 17.8. The van der Waals surface area contributed by atoms with Crippen molar-refractivity contribution in [3.05, 3.63) is 51.5 Å². The highest BCUT2D eigenvalue weighted by atomic mass is 35.5. The van der Waals surface area contributed by atoms with Crippen molar-refractivity contribution in [2.24, 2.45) is 0 Å². The second-order valence-corrected chi connectivity index (χ2v) is 9.72. The van der Waals surface area contributed by atoms with Gasteiger partial charge in [-0.15, -0.1) is 11.8 Å². The Morgan fingerprint density at radius 1 is 1.08 bits per heavy atom. The molecule has 26 heavy (non-hydrogen) atoms. The summed E-state index contributed by atoms with van der Waals surface area (Å²) in [6.45, 7) is 1.83. The molecule has 0 N–H and O–H groups in total. The average Bonchev–Trinajstić information content (AvgIpc) is 2.72. The van der Waals surface area contributed by atoms with E-state index in [9.17, 15) is 4.79 Å². The van der Waals surface area contributed by atoms with Crippen molar-refractivity contribution in [3.8, 4) is 0 Å². The summed E-state index contributed by atoms with van der Waals surface area (Å²) in [5, 5.41) is 0.936. The van der Waals surface area contributed by atoms with Gasteiger partial charge in [0.1, 0.15) is 0 Å². The van der Waals surface area contributed by atoms with Gasteiger partial charge in [0, 0.05) is 20.2 Å². The minimum absolute atomic E-state index is 0.183. The van der Waals surface area contributed by atoms with Crippen LogP contribution in [-0.4, -0.2) is 37.1 Å². The van der Waals surface area contributed by atoms with E-state index in [-0.39, 0.29) is 5.78 Å². The van der Waals surface area contributed by atoms with Gasteiger partial charge in [-0.25, -0.2) is 0 Å².